The van der Waals surface area contributed by atoms with Gasteiger partial charge in [-0.2, -0.15) is 0 Å². The van der Waals surface area contributed by atoms with Gasteiger partial charge in [-0.05, 0) is 24.8 Å². The van der Waals surface area contributed by atoms with Crippen molar-refractivity contribution in [3.05, 3.63) is 10.4 Å². The first kappa shape index (κ1) is 8.81. The van der Waals surface area contributed by atoms with Gasteiger partial charge in [-0.25, -0.2) is 10.0 Å². The van der Waals surface area contributed by atoms with Crippen LogP contribution in [0.25, 0.3) is 10.4 Å². The Hall–Kier alpha value is -0.770. The van der Waals surface area contributed by atoms with E-state index in [1.165, 1.54) is 19.4 Å². The minimum Gasteiger partial charge on any atom is -0.242 e. The maximum atomic E-state index is 8.34. The van der Waals surface area contributed by atoms with Crippen molar-refractivity contribution >= 4 is 0 Å². The Kier molecular flexibility index (Phi) is 2.68. The van der Waals surface area contributed by atoms with Gasteiger partial charge in [-0.3, -0.25) is 0 Å². The van der Waals surface area contributed by atoms with Crippen molar-refractivity contribution in [1.29, 1.82) is 0 Å². The minimum absolute atomic E-state index is 0.194. The molecule has 13 heavy (non-hydrogen) atoms. The predicted octanol–water partition coefficient (Wildman–Crippen LogP) is 1.38. The highest BCUT2D eigenvalue weighted by Gasteiger charge is 2.27. The Labute approximate surface area is 77.9 Å². The summed E-state index contributed by atoms with van der Waals surface area (Å²) in [5, 5.41) is 8.52. The highest BCUT2D eigenvalue weighted by molar-refractivity contribution is 4.80. The smallest absolute Gasteiger partial charge is 0.0528 e. The zero-order valence-corrected chi connectivity index (χ0v) is 7.76. The molecule has 2 saturated heterocycles. The molecule has 5 heteroatoms. The summed E-state index contributed by atoms with van der Waals surface area (Å²) in [7, 11) is 0. The lowest BCUT2D eigenvalue weighted by molar-refractivity contribution is -0.0779. The summed E-state index contributed by atoms with van der Waals surface area (Å²) in [6, 6.07) is 0.194. The van der Waals surface area contributed by atoms with Crippen LogP contribution < -0.4 is 0 Å². The Balaban J connectivity index is 1.94. The average Bonchev–Trinajstić information content (AvgIpc) is 2.18. The number of nitrogens with zero attached hydrogens (tertiary/aromatic N) is 5. The fourth-order valence-corrected chi connectivity index (χ4v) is 2.13. The van der Waals surface area contributed by atoms with Crippen molar-refractivity contribution in [2.45, 2.75) is 25.3 Å². The number of hydrogen-bond donors (Lipinski definition) is 0. The van der Waals surface area contributed by atoms with E-state index in [1.54, 1.807) is 0 Å². The largest absolute Gasteiger partial charge is 0.242 e. The Morgan fingerprint density at radius 3 is 2.69 bits per heavy atom. The normalized spacial score (nSPS) is 30.6. The summed E-state index contributed by atoms with van der Waals surface area (Å²) in [6.07, 6.45) is 3.60. The second kappa shape index (κ2) is 3.96. The standard InChI is InChI=1S/C8H15N5/c9-11-10-8-3-6-12-4-1-2-5-13(12)7-8/h8H,1-7H2. The molecule has 2 aliphatic heterocycles. The van der Waals surface area contributed by atoms with Crippen LogP contribution in [0.1, 0.15) is 19.3 Å². The maximum absolute atomic E-state index is 8.34. The van der Waals surface area contributed by atoms with Crippen molar-refractivity contribution in [2.24, 2.45) is 5.11 Å². The van der Waals surface area contributed by atoms with Gasteiger partial charge in [0.15, 0.2) is 0 Å². The lowest BCUT2D eigenvalue weighted by Crippen LogP contribution is -2.54. The second-order valence-electron chi connectivity index (χ2n) is 3.72. The van der Waals surface area contributed by atoms with E-state index >= 15 is 0 Å². The second-order valence-corrected chi connectivity index (χ2v) is 3.72. The van der Waals surface area contributed by atoms with Gasteiger partial charge in [0.25, 0.3) is 0 Å². The highest BCUT2D eigenvalue weighted by atomic mass is 15.6. The lowest BCUT2D eigenvalue weighted by atomic mass is 10.1. The summed E-state index contributed by atoms with van der Waals surface area (Å²) < 4.78 is 0. The molecule has 5 nitrogen and oxygen atoms in total. The summed E-state index contributed by atoms with van der Waals surface area (Å²) in [5.41, 5.74) is 8.34. The van der Waals surface area contributed by atoms with Crippen molar-refractivity contribution in [1.82, 2.24) is 10.0 Å². The van der Waals surface area contributed by atoms with Crippen LogP contribution >= 0.6 is 0 Å². The molecule has 0 N–H and O–H groups in total. The van der Waals surface area contributed by atoms with Gasteiger partial charge in [-0.1, -0.05) is 5.11 Å². The molecule has 0 amide bonds. The van der Waals surface area contributed by atoms with Gasteiger partial charge in [0.2, 0.25) is 0 Å². The van der Waals surface area contributed by atoms with E-state index < -0.39 is 0 Å². The Morgan fingerprint density at radius 1 is 1.15 bits per heavy atom. The Morgan fingerprint density at radius 2 is 1.92 bits per heavy atom. The van der Waals surface area contributed by atoms with Gasteiger partial charge in [0.1, 0.15) is 0 Å². The van der Waals surface area contributed by atoms with Crippen molar-refractivity contribution in [2.75, 3.05) is 26.2 Å². The molecule has 0 aromatic rings. The van der Waals surface area contributed by atoms with Crippen molar-refractivity contribution in [3.63, 3.8) is 0 Å². The van der Waals surface area contributed by atoms with Crippen molar-refractivity contribution in [3.8, 4) is 0 Å². The number of azide groups is 1. The molecule has 72 valence electrons. The minimum atomic E-state index is 0.194. The first-order valence-corrected chi connectivity index (χ1v) is 4.94. The van der Waals surface area contributed by atoms with E-state index in [4.69, 9.17) is 5.53 Å². The summed E-state index contributed by atoms with van der Waals surface area (Å²) in [6.45, 7) is 4.30. The number of hydrazine groups is 1. The maximum Gasteiger partial charge on any atom is 0.0528 e. The molecule has 0 aromatic heterocycles. The van der Waals surface area contributed by atoms with Crippen LogP contribution in [0.3, 0.4) is 0 Å². The SMILES string of the molecule is [N-]=[N+]=NC1CCN2CCCCN2C1. The molecule has 2 fully saturated rings. The topological polar surface area (TPSA) is 55.2 Å². The zero-order valence-electron chi connectivity index (χ0n) is 7.76. The molecule has 0 aliphatic carbocycles. The van der Waals surface area contributed by atoms with Crippen molar-refractivity contribution < 1.29 is 0 Å². The van der Waals surface area contributed by atoms with Crippen LogP contribution in [-0.2, 0) is 0 Å². The van der Waals surface area contributed by atoms with E-state index in [2.05, 4.69) is 20.0 Å². The first-order chi connectivity index (χ1) is 6.40. The lowest BCUT2D eigenvalue weighted by Gasteiger charge is -2.43. The number of fused-ring (bicyclic) bond motifs is 1. The predicted molar refractivity (Wildman–Crippen MR) is 49.9 cm³/mol. The molecule has 1 atom stereocenters. The van der Waals surface area contributed by atoms with E-state index in [1.807, 2.05) is 0 Å². The summed E-state index contributed by atoms with van der Waals surface area (Å²) in [4.78, 5) is 2.88. The number of hydrogen-bond acceptors (Lipinski definition) is 3. The van der Waals surface area contributed by atoms with Crippen LogP contribution in [-0.4, -0.2) is 42.2 Å². The monoisotopic (exact) mass is 181 g/mol. The van der Waals surface area contributed by atoms with E-state index in [0.29, 0.717) is 0 Å². The summed E-state index contributed by atoms with van der Waals surface area (Å²) >= 11 is 0. The molecular formula is C8H15N5. The summed E-state index contributed by atoms with van der Waals surface area (Å²) in [5.74, 6) is 0. The van der Waals surface area contributed by atoms with Gasteiger partial charge >= 0.3 is 0 Å². The molecule has 0 saturated carbocycles. The van der Waals surface area contributed by atoms with E-state index in [-0.39, 0.29) is 6.04 Å². The molecule has 2 rings (SSSR count). The third kappa shape index (κ3) is 1.94. The fraction of sp³-hybridized carbons (Fsp3) is 1.00. The van der Waals surface area contributed by atoms with Crippen LogP contribution in [0.5, 0.6) is 0 Å². The first-order valence-electron chi connectivity index (χ1n) is 4.94. The van der Waals surface area contributed by atoms with Gasteiger partial charge < -0.3 is 0 Å². The molecule has 2 heterocycles. The fourth-order valence-electron chi connectivity index (χ4n) is 2.13. The zero-order chi connectivity index (χ0) is 9.10. The molecule has 2 aliphatic rings. The molecule has 0 bridgehead atoms. The highest BCUT2D eigenvalue weighted by Crippen LogP contribution is 2.18. The van der Waals surface area contributed by atoms with Crippen LogP contribution in [0.2, 0.25) is 0 Å². The van der Waals surface area contributed by atoms with Crippen LogP contribution in [0.4, 0.5) is 0 Å². The van der Waals surface area contributed by atoms with Gasteiger partial charge in [0, 0.05) is 31.1 Å². The third-order valence-electron chi connectivity index (χ3n) is 2.84. The molecule has 0 radical (unpaired) electrons. The van der Waals surface area contributed by atoms with Gasteiger partial charge in [-0.15, -0.1) is 0 Å². The Bertz CT molecular complexity index is 223. The number of rotatable bonds is 1. The molecular weight excluding hydrogens is 166 g/mol. The van der Waals surface area contributed by atoms with Crippen LogP contribution in [0.15, 0.2) is 5.11 Å². The quantitative estimate of drug-likeness (QED) is 0.348. The molecule has 1 unspecified atom stereocenters. The van der Waals surface area contributed by atoms with Gasteiger partial charge in [0.05, 0.1) is 6.04 Å². The van der Waals surface area contributed by atoms with E-state index in [9.17, 15) is 0 Å². The van der Waals surface area contributed by atoms with E-state index in [0.717, 1.165) is 26.1 Å². The third-order valence-corrected chi connectivity index (χ3v) is 2.84. The molecule has 0 spiro atoms. The van der Waals surface area contributed by atoms with Crippen LogP contribution in [0, 0.1) is 0 Å². The average molecular weight is 181 g/mol. The molecule has 0 aromatic carbocycles.